The Morgan fingerprint density at radius 2 is 1.95 bits per heavy atom. The Bertz CT molecular complexity index is 623. The van der Waals surface area contributed by atoms with Crippen molar-refractivity contribution in [3.8, 4) is 0 Å². The first-order valence-electron chi connectivity index (χ1n) is 6.81. The molecule has 0 spiro atoms. The quantitative estimate of drug-likeness (QED) is 0.811. The smallest absolute Gasteiger partial charge is 0.191 e. The summed E-state index contributed by atoms with van der Waals surface area (Å²) in [4.78, 5) is 0. The van der Waals surface area contributed by atoms with Crippen LogP contribution >= 0.6 is 35.0 Å². The third-order valence-electron chi connectivity index (χ3n) is 3.43. The van der Waals surface area contributed by atoms with E-state index < -0.39 is 0 Å². The Morgan fingerprint density at radius 1 is 1.24 bits per heavy atom. The van der Waals surface area contributed by atoms with E-state index >= 15 is 0 Å². The van der Waals surface area contributed by atoms with E-state index in [9.17, 15) is 5.11 Å². The van der Waals surface area contributed by atoms with E-state index in [1.807, 2.05) is 18.2 Å². The summed E-state index contributed by atoms with van der Waals surface area (Å²) in [6.07, 6.45) is 3.04. The average Bonchev–Trinajstić information content (AvgIpc) is 3.23. The summed E-state index contributed by atoms with van der Waals surface area (Å²) in [6, 6.07) is 6.00. The van der Waals surface area contributed by atoms with E-state index in [4.69, 9.17) is 23.2 Å². The molecule has 1 aromatic heterocycles. The van der Waals surface area contributed by atoms with Crippen LogP contribution in [0, 0.1) is 0 Å². The lowest BCUT2D eigenvalue weighted by molar-refractivity contribution is 0.263. The van der Waals surface area contributed by atoms with Crippen LogP contribution in [-0.2, 0) is 13.0 Å². The fourth-order valence-corrected chi connectivity index (χ4v) is 3.80. The molecular formula is C14H15Cl2N3OS. The average molecular weight is 344 g/mol. The molecule has 2 aromatic rings. The molecule has 0 aliphatic heterocycles. The molecule has 0 atom stereocenters. The lowest BCUT2D eigenvalue weighted by Crippen LogP contribution is -2.03. The Balaban J connectivity index is 1.67. The van der Waals surface area contributed by atoms with Crippen molar-refractivity contribution < 1.29 is 5.11 Å². The summed E-state index contributed by atoms with van der Waals surface area (Å²) < 4.78 is 2.05. The van der Waals surface area contributed by atoms with Crippen molar-refractivity contribution in [2.75, 3.05) is 5.75 Å². The molecule has 112 valence electrons. The van der Waals surface area contributed by atoms with Crippen LogP contribution in [0.4, 0.5) is 0 Å². The van der Waals surface area contributed by atoms with Crippen molar-refractivity contribution in [2.45, 2.75) is 37.1 Å². The molecule has 0 saturated heterocycles. The van der Waals surface area contributed by atoms with Crippen LogP contribution in [-0.4, -0.2) is 25.6 Å². The van der Waals surface area contributed by atoms with Crippen LogP contribution < -0.4 is 0 Å². The standard InChI is InChI=1S/C14H15Cl2N3OS/c15-11-2-1-3-12(16)10(11)6-7-21-14-18-17-13(8-20)19(14)9-4-5-9/h1-3,9,20H,4-8H2. The van der Waals surface area contributed by atoms with Gasteiger partial charge >= 0.3 is 0 Å². The maximum atomic E-state index is 9.32. The van der Waals surface area contributed by atoms with Gasteiger partial charge in [0.2, 0.25) is 0 Å². The lowest BCUT2D eigenvalue weighted by Gasteiger charge is -2.08. The molecule has 7 heteroatoms. The summed E-state index contributed by atoms with van der Waals surface area (Å²) in [5.74, 6) is 1.47. The van der Waals surface area contributed by atoms with Gasteiger partial charge in [-0.1, -0.05) is 41.0 Å². The van der Waals surface area contributed by atoms with Gasteiger partial charge < -0.3 is 9.67 Å². The molecule has 0 bridgehead atoms. The molecular weight excluding hydrogens is 329 g/mol. The van der Waals surface area contributed by atoms with Crippen LogP contribution in [0.1, 0.15) is 30.3 Å². The number of rotatable bonds is 6. The number of hydrogen-bond acceptors (Lipinski definition) is 4. The maximum Gasteiger partial charge on any atom is 0.191 e. The number of hydrogen-bond donors (Lipinski definition) is 1. The number of thioether (sulfide) groups is 1. The molecule has 1 saturated carbocycles. The zero-order chi connectivity index (χ0) is 14.8. The molecule has 1 aromatic carbocycles. The van der Waals surface area contributed by atoms with Crippen molar-refractivity contribution in [3.63, 3.8) is 0 Å². The maximum absolute atomic E-state index is 9.32. The van der Waals surface area contributed by atoms with Gasteiger partial charge in [0.05, 0.1) is 0 Å². The first-order chi connectivity index (χ1) is 10.2. The normalized spacial score (nSPS) is 14.6. The highest BCUT2D eigenvalue weighted by molar-refractivity contribution is 7.99. The number of aromatic nitrogens is 3. The molecule has 0 amide bonds. The van der Waals surface area contributed by atoms with E-state index in [2.05, 4.69) is 14.8 Å². The zero-order valence-corrected chi connectivity index (χ0v) is 13.6. The van der Waals surface area contributed by atoms with Gasteiger partial charge in [0.1, 0.15) is 6.61 Å². The molecule has 1 aliphatic carbocycles. The highest BCUT2D eigenvalue weighted by Crippen LogP contribution is 2.39. The third-order valence-corrected chi connectivity index (χ3v) is 5.09. The van der Waals surface area contributed by atoms with Crippen LogP contribution in [0.2, 0.25) is 10.0 Å². The number of halogens is 2. The van der Waals surface area contributed by atoms with E-state index in [0.717, 1.165) is 35.7 Å². The Kier molecular flexibility index (Phi) is 4.74. The van der Waals surface area contributed by atoms with Crippen LogP contribution in [0.25, 0.3) is 0 Å². The van der Waals surface area contributed by atoms with E-state index in [1.165, 1.54) is 0 Å². The number of nitrogens with zero attached hydrogens (tertiary/aromatic N) is 3. The number of aliphatic hydroxyl groups excluding tert-OH is 1. The lowest BCUT2D eigenvalue weighted by atomic mass is 10.2. The minimum absolute atomic E-state index is 0.0690. The molecule has 1 heterocycles. The van der Waals surface area contributed by atoms with Crippen LogP contribution in [0.5, 0.6) is 0 Å². The molecule has 0 unspecified atom stereocenters. The second-order valence-electron chi connectivity index (χ2n) is 4.96. The predicted molar refractivity (Wildman–Crippen MR) is 85.1 cm³/mol. The second-order valence-corrected chi connectivity index (χ2v) is 6.83. The van der Waals surface area contributed by atoms with Gasteiger partial charge in [-0.15, -0.1) is 10.2 Å². The molecule has 0 radical (unpaired) electrons. The minimum Gasteiger partial charge on any atom is -0.388 e. The highest BCUT2D eigenvalue weighted by Gasteiger charge is 2.29. The topological polar surface area (TPSA) is 50.9 Å². The van der Waals surface area contributed by atoms with Gasteiger partial charge in [0.25, 0.3) is 0 Å². The van der Waals surface area contributed by atoms with E-state index in [1.54, 1.807) is 11.8 Å². The van der Waals surface area contributed by atoms with Crippen LogP contribution in [0.3, 0.4) is 0 Å². The molecule has 4 nitrogen and oxygen atoms in total. The first-order valence-corrected chi connectivity index (χ1v) is 8.55. The largest absolute Gasteiger partial charge is 0.388 e. The number of aliphatic hydroxyl groups is 1. The summed E-state index contributed by atoms with van der Waals surface area (Å²) >= 11 is 14.0. The van der Waals surface area contributed by atoms with Gasteiger partial charge in [-0.05, 0) is 37.0 Å². The van der Waals surface area contributed by atoms with Gasteiger partial charge in [0, 0.05) is 21.8 Å². The Hall–Kier alpha value is -0.750. The van der Waals surface area contributed by atoms with E-state index in [-0.39, 0.29) is 6.61 Å². The fraction of sp³-hybridized carbons (Fsp3) is 0.429. The van der Waals surface area contributed by atoms with Crippen LogP contribution in [0.15, 0.2) is 23.4 Å². The highest BCUT2D eigenvalue weighted by atomic mass is 35.5. The van der Waals surface area contributed by atoms with Crippen molar-refractivity contribution in [3.05, 3.63) is 39.6 Å². The third kappa shape index (κ3) is 3.37. The van der Waals surface area contributed by atoms with Gasteiger partial charge in [-0.3, -0.25) is 0 Å². The summed E-state index contributed by atoms with van der Waals surface area (Å²) in [6.45, 7) is -0.0690. The summed E-state index contributed by atoms with van der Waals surface area (Å²) in [7, 11) is 0. The predicted octanol–water partition coefficient (Wildman–Crippen LogP) is 3.75. The molecule has 21 heavy (non-hydrogen) atoms. The minimum atomic E-state index is -0.0690. The fourth-order valence-electron chi connectivity index (χ4n) is 2.23. The zero-order valence-electron chi connectivity index (χ0n) is 11.3. The number of benzene rings is 1. The van der Waals surface area contributed by atoms with E-state index in [0.29, 0.717) is 21.9 Å². The first kappa shape index (κ1) is 15.2. The monoisotopic (exact) mass is 343 g/mol. The molecule has 3 rings (SSSR count). The van der Waals surface area contributed by atoms with Crippen molar-refractivity contribution in [1.29, 1.82) is 0 Å². The Labute approximate surface area is 137 Å². The molecule has 1 fully saturated rings. The molecule has 1 N–H and O–H groups in total. The molecule has 1 aliphatic rings. The van der Waals surface area contributed by atoms with Gasteiger partial charge in [-0.2, -0.15) is 0 Å². The van der Waals surface area contributed by atoms with Crippen molar-refractivity contribution in [1.82, 2.24) is 14.8 Å². The van der Waals surface area contributed by atoms with Crippen molar-refractivity contribution in [2.24, 2.45) is 0 Å². The van der Waals surface area contributed by atoms with Gasteiger partial charge in [-0.25, -0.2) is 0 Å². The summed E-state index contributed by atoms with van der Waals surface area (Å²) in [5.41, 5.74) is 0.966. The second kappa shape index (κ2) is 6.57. The summed E-state index contributed by atoms with van der Waals surface area (Å²) in [5, 5.41) is 19.8. The SMILES string of the molecule is OCc1nnc(SCCc2c(Cl)cccc2Cl)n1C1CC1. The van der Waals surface area contributed by atoms with Gasteiger partial charge in [0.15, 0.2) is 11.0 Å². The van der Waals surface area contributed by atoms with Crippen molar-refractivity contribution >= 4 is 35.0 Å². The Morgan fingerprint density at radius 3 is 2.57 bits per heavy atom.